The molecule has 0 heterocycles. The Labute approximate surface area is 97.1 Å². The molecule has 1 nitrogen and oxygen atoms in total. The Hall–Kier alpha value is -0.890. The van der Waals surface area contributed by atoms with Crippen LogP contribution in [-0.4, -0.2) is 13.1 Å². The van der Waals surface area contributed by atoms with Gasteiger partial charge in [-0.3, -0.25) is 0 Å². The third kappa shape index (κ3) is 2.27. The van der Waals surface area contributed by atoms with E-state index in [2.05, 4.69) is 19.2 Å². The van der Waals surface area contributed by atoms with E-state index in [9.17, 15) is 4.39 Å². The monoisotopic (exact) mass is 221 g/mol. The predicted octanol–water partition coefficient (Wildman–Crippen LogP) is 3.10. The standard InChI is InChI=1S/C14H20FN/c1-3-7-16-10-12-9-14(12,2)11-5-4-6-13(15)8-11/h4-6,8,12,16H,3,7,9-10H2,1-2H3. The van der Waals surface area contributed by atoms with Crippen molar-refractivity contribution < 1.29 is 4.39 Å². The van der Waals surface area contributed by atoms with E-state index in [-0.39, 0.29) is 11.2 Å². The fourth-order valence-electron chi connectivity index (χ4n) is 2.40. The van der Waals surface area contributed by atoms with E-state index < -0.39 is 0 Å². The molecule has 0 bridgehead atoms. The van der Waals surface area contributed by atoms with Crippen LogP contribution in [0.5, 0.6) is 0 Å². The Morgan fingerprint density at radius 1 is 1.50 bits per heavy atom. The van der Waals surface area contributed by atoms with Gasteiger partial charge in [0, 0.05) is 0 Å². The molecule has 0 radical (unpaired) electrons. The van der Waals surface area contributed by atoms with Crippen LogP contribution >= 0.6 is 0 Å². The number of halogens is 1. The topological polar surface area (TPSA) is 12.0 Å². The molecule has 1 saturated carbocycles. The van der Waals surface area contributed by atoms with Gasteiger partial charge in [0.1, 0.15) is 5.82 Å². The van der Waals surface area contributed by atoms with Gasteiger partial charge in [-0.2, -0.15) is 0 Å². The molecule has 0 aromatic heterocycles. The Morgan fingerprint density at radius 2 is 2.31 bits per heavy atom. The van der Waals surface area contributed by atoms with Gasteiger partial charge in [0.15, 0.2) is 0 Å². The van der Waals surface area contributed by atoms with Crippen molar-refractivity contribution in [1.82, 2.24) is 5.32 Å². The zero-order valence-corrected chi connectivity index (χ0v) is 10.1. The molecule has 1 fully saturated rings. The zero-order chi connectivity index (χ0) is 11.6. The van der Waals surface area contributed by atoms with E-state index >= 15 is 0 Å². The summed E-state index contributed by atoms with van der Waals surface area (Å²) in [6.45, 7) is 6.54. The van der Waals surface area contributed by atoms with Gasteiger partial charge in [-0.15, -0.1) is 0 Å². The first-order chi connectivity index (χ1) is 7.66. The highest BCUT2D eigenvalue weighted by Crippen LogP contribution is 2.53. The summed E-state index contributed by atoms with van der Waals surface area (Å²) in [5, 5.41) is 3.44. The molecule has 2 unspecified atom stereocenters. The van der Waals surface area contributed by atoms with Gasteiger partial charge < -0.3 is 5.32 Å². The van der Waals surface area contributed by atoms with Gasteiger partial charge in [-0.1, -0.05) is 26.0 Å². The Kier molecular flexibility index (Phi) is 3.29. The van der Waals surface area contributed by atoms with Crippen LogP contribution in [0.15, 0.2) is 24.3 Å². The van der Waals surface area contributed by atoms with Crippen LogP contribution in [0.25, 0.3) is 0 Å². The second kappa shape index (κ2) is 4.54. The third-order valence-electron chi connectivity index (χ3n) is 3.71. The molecule has 2 atom stereocenters. The Bertz CT molecular complexity index is 364. The summed E-state index contributed by atoms with van der Waals surface area (Å²) in [6.07, 6.45) is 2.34. The largest absolute Gasteiger partial charge is 0.316 e. The minimum absolute atomic E-state index is 0.120. The smallest absolute Gasteiger partial charge is 0.123 e. The first kappa shape index (κ1) is 11.6. The lowest BCUT2D eigenvalue weighted by Crippen LogP contribution is -2.20. The predicted molar refractivity (Wildman–Crippen MR) is 65.0 cm³/mol. The lowest BCUT2D eigenvalue weighted by atomic mass is 9.95. The second-order valence-electron chi connectivity index (χ2n) is 5.03. The van der Waals surface area contributed by atoms with Crippen molar-refractivity contribution in [2.24, 2.45) is 5.92 Å². The third-order valence-corrected chi connectivity index (χ3v) is 3.71. The van der Waals surface area contributed by atoms with Crippen molar-refractivity contribution in [2.45, 2.75) is 32.1 Å². The highest BCUT2D eigenvalue weighted by molar-refractivity contribution is 5.33. The summed E-state index contributed by atoms with van der Waals surface area (Å²) >= 11 is 0. The average Bonchev–Trinajstić information content (AvgIpc) is 2.92. The van der Waals surface area contributed by atoms with Crippen LogP contribution < -0.4 is 5.32 Å². The second-order valence-corrected chi connectivity index (χ2v) is 5.03. The zero-order valence-electron chi connectivity index (χ0n) is 10.1. The minimum Gasteiger partial charge on any atom is -0.316 e. The molecule has 0 spiro atoms. The summed E-state index contributed by atoms with van der Waals surface area (Å²) in [7, 11) is 0. The molecule has 1 aromatic rings. The Morgan fingerprint density at radius 3 is 3.00 bits per heavy atom. The van der Waals surface area contributed by atoms with Gasteiger partial charge in [0.25, 0.3) is 0 Å². The fourth-order valence-corrected chi connectivity index (χ4v) is 2.40. The molecule has 88 valence electrons. The van der Waals surface area contributed by atoms with E-state index in [1.54, 1.807) is 6.07 Å². The molecule has 1 aromatic carbocycles. The van der Waals surface area contributed by atoms with Crippen molar-refractivity contribution in [1.29, 1.82) is 0 Å². The maximum Gasteiger partial charge on any atom is 0.123 e. The van der Waals surface area contributed by atoms with E-state index in [0.29, 0.717) is 5.92 Å². The molecule has 2 heteroatoms. The van der Waals surface area contributed by atoms with E-state index in [1.807, 2.05) is 12.1 Å². The molecule has 1 aliphatic rings. The van der Waals surface area contributed by atoms with Gasteiger partial charge in [-0.05, 0) is 55.0 Å². The average molecular weight is 221 g/mol. The molecule has 1 N–H and O–H groups in total. The molecular formula is C14H20FN. The summed E-state index contributed by atoms with van der Waals surface area (Å²) < 4.78 is 13.1. The summed E-state index contributed by atoms with van der Waals surface area (Å²) in [6, 6.07) is 7.05. The molecule has 0 aliphatic heterocycles. The minimum atomic E-state index is -0.120. The quantitative estimate of drug-likeness (QED) is 0.753. The normalized spacial score (nSPS) is 28.1. The molecular weight excluding hydrogens is 201 g/mol. The fraction of sp³-hybridized carbons (Fsp3) is 0.571. The van der Waals surface area contributed by atoms with E-state index in [4.69, 9.17) is 0 Å². The maximum atomic E-state index is 13.1. The highest BCUT2D eigenvalue weighted by atomic mass is 19.1. The van der Waals surface area contributed by atoms with Gasteiger partial charge in [0.2, 0.25) is 0 Å². The van der Waals surface area contributed by atoms with Crippen molar-refractivity contribution in [3.05, 3.63) is 35.6 Å². The van der Waals surface area contributed by atoms with Crippen LogP contribution in [0.4, 0.5) is 4.39 Å². The van der Waals surface area contributed by atoms with Crippen LogP contribution in [0.3, 0.4) is 0 Å². The number of benzene rings is 1. The highest BCUT2D eigenvalue weighted by Gasteiger charge is 2.50. The lowest BCUT2D eigenvalue weighted by Gasteiger charge is -2.12. The molecule has 1 aliphatic carbocycles. The SMILES string of the molecule is CCCNCC1CC1(C)c1cccc(F)c1. The number of nitrogens with one attached hydrogen (secondary N) is 1. The summed E-state index contributed by atoms with van der Waals surface area (Å²) in [4.78, 5) is 0. The van der Waals surface area contributed by atoms with Crippen LogP contribution in [-0.2, 0) is 5.41 Å². The first-order valence-electron chi connectivity index (χ1n) is 6.13. The van der Waals surface area contributed by atoms with E-state index in [0.717, 1.165) is 18.7 Å². The molecule has 0 saturated heterocycles. The van der Waals surface area contributed by atoms with Crippen LogP contribution in [0.1, 0.15) is 32.3 Å². The summed E-state index contributed by atoms with van der Waals surface area (Å²) in [5.74, 6) is 0.548. The first-order valence-corrected chi connectivity index (χ1v) is 6.13. The van der Waals surface area contributed by atoms with Crippen LogP contribution in [0, 0.1) is 11.7 Å². The number of hydrogen-bond donors (Lipinski definition) is 1. The number of hydrogen-bond acceptors (Lipinski definition) is 1. The lowest BCUT2D eigenvalue weighted by molar-refractivity contribution is 0.569. The maximum absolute atomic E-state index is 13.1. The molecule has 2 rings (SSSR count). The number of rotatable bonds is 5. The van der Waals surface area contributed by atoms with Gasteiger partial charge >= 0.3 is 0 Å². The van der Waals surface area contributed by atoms with Gasteiger partial charge in [0.05, 0.1) is 0 Å². The Balaban J connectivity index is 1.96. The van der Waals surface area contributed by atoms with Crippen molar-refractivity contribution in [3.8, 4) is 0 Å². The van der Waals surface area contributed by atoms with E-state index in [1.165, 1.54) is 18.9 Å². The molecule has 16 heavy (non-hydrogen) atoms. The van der Waals surface area contributed by atoms with Crippen molar-refractivity contribution >= 4 is 0 Å². The van der Waals surface area contributed by atoms with Crippen molar-refractivity contribution in [3.63, 3.8) is 0 Å². The van der Waals surface area contributed by atoms with Gasteiger partial charge in [-0.25, -0.2) is 4.39 Å². The molecule has 0 amide bonds. The summed E-state index contributed by atoms with van der Waals surface area (Å²) in [5.41, 5.74) is 1.35. The van der Waals surface area contributed by atoms with Crippen molar-refractivity contribution in [2.75, 3.05) is 13.1 Å². The van der Waals surface area contributed by atoms with Crippen LogP contribution in [0.2, 0.25) is 0 Å².